The standard InChI is InChI=1S/C10H14N2O2/c1-10(11,7-9(13)14-2)8-5-3-4-6-12-8/h3-6H,7,11H2,1-2H3/t10-/m0/s1. The first-order valence-electron chi connectivity index (χ1n) is 4.33. The van der Waals surface area contributed by atoms with Crippen LogP contribution in [0.5, 0.6) is 0 Å². The summed E-state index contributed by atoms with van der Waals surface area (Å²) in [5, 5.41) is 0. The summed E-state index contributed by atoms with van der Waals surface area (Å²) >= 11 is 0. The van der Waals surface area contributed by atoms with E-state index in [9.17, 15) is 4.79 Å². The monoisotopic (exact) mass is 194 g/mol. The van der Waals surface area contributed by atoms with Crippen molar-refractivity contribution < 1.29 is 9.53 Å². The zero-order chi connectivity index (χ0) is 10.6. The molecule has 0 saturated heterocycles. The van der Waals surface area contributed by atoms with Gasteiger partial charge in [0.2, 0.25) is 0 Å². The number of pyridine rings is 1. The molecule has 76 valence electrons. The van der Waals surface area contributed by atoms with E-state index >= 15 is 0 Å². The number of hydrogen-bond acceptors (Lipinski definition) is 4. The van der Waals surface area contributed by atoms with E-state index in [0.29, 0.717) is 5.69 Å². The van der Waals surface area contributed by atoms with Crippen molar-refractivity contribution in [1.29, 1.82) is 0 Å². The molecule has 0 saturated carbocycles. The molecular weight excluding hydrogens is 180 g/mol. The first-order chi connectivity index (χ1) is 6.56. The van der Waals surface area contributed by atoms with Gasteiger partial charge < -0.3 is 10.5 Å². The van der Waals surface area contributed by atoms with E-state index in [-0.39, 0.29) is 12.4 Å². The van der Waals surface area contributed by atoms with E-state index in [0.717, 1.165) is 0 Å². The summed E-state index contributed by atoms with van der Waals surface area (Å²) in [6, 6.07) is 5.44. The zero-order valence-electron chi connectivity index (χ0n) is 8.36. The van der Waals surface area contributed by atoms with Crippen molar-refractivity contribution >= 4 is 5.97 Å². The first-order valence-corrected chi connectivity index (χ1v) is 4.33. The van der Waals surface area contributed by atoms with Gasteiger partial charge in [0.25, 0.3) is 0 Å². The summed E-state index contributed by atoms with van der Waals surface area (Å²) in [7, 11) is 1.34. The van der Waals surface area contributed by atoms with Crippen LogP contribution >= 0.6 is 0 Å². The van der Waals surface area contributed by atoms with Crippen LogP contribution in [0.25, 0.3) is 0 Å². The number of carbonyl (C=O) groups excluding carboxylic acids is 1. The maximum atomic E-state index is 11.1. The molecule has 1 aromatic rings. The summed E-state index contributed by atoms with van der Waals surface area (Å²) < 4.78 is 4.56. The fourth-order valence-electron chi connectivity index (χ4n) is 1.16. The van der Waals surface area contributed by atoms with Crippen LogP contribution in [0.4, 0.5) is 0 Å². The van der Waals surface area contributed by atoms with Gasteiger partial charge in [-0.25, -0.2) is 0 Å². The lowest BCUT2D eigenvalue weighted by atomic mass is 9.94. The lowest BCUT2D eigenvalue weighted by Gasteiger charge is -2.22. The third-order valence-corrected chi connectivity index (χ3v) is 1.99. The first kappa shape index (κ1) is 10.7. The Hall–Kier alpha value is -1.42. The molecule has 0 bridgehead atoms. The van der Waals surface area contributed by atoms with Crippen LogP contribution < -0.4 is 5.73 Å². The van der Waals surface area contributed by atoms with Crippen molar-refractivity contribution in [2.45, 2.75) is 18.9 Å². The topological polar surface area (TPSA) is 65.2 Å². The normalized spacial score (nSPS) is 14.5. The molecule has 4 heteroatoms. The van der Waals surface area contributed by atoms with Crippen LogP contribution in [0.2, 0.25) is 0 Å². The largest absolute Gasteiger partial charge is 0.469 e. The highest BCUT2D eigenvalue weighted by atomic mass is 16.5. The molecular formula is C10H14N2O2. The number of nitrogens with two attached hydrogens (primary N) is 1. The molecule has 0 spiro atoms. The molecule has 0 aliphatic rings. The summed E-state index contributed by atoms with van der Waals surface area (Å²) in [5.74, 6) is -0.333. The summed E-state index contributed by atoms with van der Waals surface area (Å²) in [4.78, 5) is 15.2. The van der Waals surface area contributed by atoms with Gasteiger partial charge in [0.05, 0.1) is 24.8 Å². The number of hydrogen-bond donors (Lipinski definition) is 1. The van der Waals surface area contributed by atoms with Gasteiger partial charge in [-0.1, -0.05) is 6.07 Å². The second kappa shape index (κ2) is 4.19. The highest BCUT2D eigenvalue weighted by Gasteiger charge is 2.26. The Morgan fingerprint density at radius 2 is 2.36 bits per heavy atom. The van der Waals surface area contributed by atoms with Crippen LogP contribution in [-0.4, -0.2) is 18.1 Å². The second-order valence-electron chi connectivity index (χ2n) is 3.39. The Morgan fingerprint density at radius 3 is 2.86 bits per heavy atom. The second-order valence-corrected chi connectivity index (χ2v) is 3.39. The van der Waals surface area contributed by atoms with Gasteiger partial charge in [0, 0.05) is 6.20 Å². The number of methoxy groups -OCH3 is 1. The molecule has 0 aliphatic carbocycles. The number of rotatable bonds is 3. The summed E-state index contributed by atoms with van der Waals surface area (Å²) in [6.07, 6.45) is 1.78. The highest BCUT2D eigenvalue weighted by molar-refractivity contribution is 5.70. The minimum absolute atomic E-state index is 0.126. The van der Waals surface area contributed by atoms with Crippen molar-refractivity contribution in [1.82, 2.24) is 4.98 Å². The number of esters is 1. The van der Waals surface area contributed by atoms with E-state index in [4.69, 9.17) is 5.73 Å². The number of ether oxygens (including phenoxy) is 1. The quantitative estimate of drug-likeness (QED) is 0.723. The molecule has 1 rings (SSSR count). The van der Waals surface area contributed by atoms with Gasteiger partial charge >= 0.3 is 5.97 Å². The van der Waals surface area contributed by atoms with Crippen LogP contribution in [0, 0.1) is 0 Å². The van der Waals surface area contributed by atoms with Crippen LogP contribution in [0.15, 0.2) is 24.4 Å². The maximum Gasteiger partial charge on any atom is 0.307 e. The van der Waals surface area contributed by atoms with Crippen molar-refractivity contribution in [3.8, 4) is 0 Å². The van der Waals surface area contributed by atoms with Crippen molar-refractivity contribution in [2.75, 3.05) is 7.11 Å². The molecule has 0 unspecified atom stereocenters. The van der Waals surface area contributed by atoms with Crippen LogP contribution in [0.1, 0.15) is 19.0 Å². The SMILES string of the molecule is COC(=O)C[C@](C)(N)c1ccccn1. The molecule has 0 aromatic carbocycles. The lowest BCUT2D eigenvalue weighted by Crippen LogP contribution is -2.36. The molecule has 1 aromatic heterocycles. The molecule has 14 heavy (non-hydrogen) atoms. The molecule has 4 nitrogen and oxygen atoms in total. The number of carbonyl (C=O) groups is 1. The molecule has 0 radical (unpaired) electrons. The Morgan fingerprint density at radius 1 is 1.64 bits per heavy atom. The van der Waals surface area contributed by atoms with E-state index in [1.165, 1.54) is 7.11 Å². The molecule has 2 N–H and O–H groups in total. The van der Waals surface area contributed by atoms with E-state index in [1.807, 2.05) is 6.07 Å². The molecule has 0 aliphatic heterocycles. The van der Waals surface area contributed by atoms with Gasteiger partial charge in [0.15, 0.2) is 0 Å². The summed E-state index contributed by atoms with van der Waals surface area (Å²) in [6.45, 7) is 1.76. The lowest BCUT2D eigenvalue weighted by molar-refractivity contribution is -0.142. The third kappa shape index (κ3) is 2.53. The van der Waals surface area contributed by atoms with E-state index in [1.54, 1.807) is 25.3 Å². The van der Waals surface area contributed by atoms with Gasteiger partial charge in [-0.05, 0) is 19.1 Å². The van der Waals surface area contributed by atoms with E-state index < -0.39 is 5.54 Å². The average molecular weight is 194 g/mol. The molecule has 0 fully saturated rings. The average Bonchev–Trinajstić information content (AvgIpc) is 2.18. The van der Waals surface area contributed by atoms with Gasteiger partial charge in [-0.15, -0.1) is 0 Å². The number of nitrogens with zero attached hydrogens (tertiary/aromatic N) is 1. The molecule has 0 amide bonds. The Balaban J connectivity index is 2.80. The van der Waals surface area contributed by atoms with Crippen LogP contribution in [0.3, 0.4) is 0 Å². The predicted molar refractivity (Wildman–Crippen MR) is 52.4 cm³/mol. The van der Waals surface area contributed by atoms with Gasteiger partial charge in [-0.3, -0.25) is 9.78 Å². The van der Waals surface area contributed by atoms with Crippen LogP contribution in [-0.2, 0) is 15.1 Å². The summed E-state index contributed by atoms with van der Waals surface area (Å²) in [5.41, 5.74) is 5.87. The fraction of sp³-hybridized carbons (Fsp3) is 0.400. The fourth-order valence-corrected chi connectivity index (χ4v) is 1.16. The van der Waals surface area contributed by atoms with E-state index in [2.05, 4.69) is 9.72 Å². The minimum Gasteiger partial charge on any atom is -0.469 e. The van der Waals surface area contributed by atoms with Gasteiger partial charge in [0.1, 0.15) is 0 Å². The predicted octanol–water partition coefficient (Wildman–Crippen LogP) is 0.819. The van der Waals surface area contributed by atoms with Crippen molar-refractivity contribution in [2.24, 2.45) is 5.73 Å². The van der Waals surface area contributed by atoms with Crippen molar-refractivity contribution in [3.05, 3.63) is 30.1 Å². The van der Waals surface area contributed by atoms with Crippen molar-refractivity contribution in [3.63, 3.8) is 0 Å². The third-order valence-electron chi connectivity index (χ3n) is 1.99. The van der Waals surface area contributed by atoms with Gasteiger partial charge in [-0.2, -0.15) is 0 Å². The maximum absolute atomic E-state index is 11.1. The highest BCUT2D eigenvalue weighted by Crippen LogP contribution is 2.19. The smallest absolute Gasteiger partial charge is 0.307 e. The Bertz CT molecular complexity index is 309. The molecule has 1 heterocycles. The molecule has 1 atom stereocenters. The Labute approximate surface area is 83.1 Å². The minimum atomic E-state index is -0.769. The zero-order valence-corrected chi connectivity index (χ0v) is 8.36. The Kier molecular flexibility index (Phi) is 3.19. The number of aromatic nitrogens is 1.